The van der Waals surface area contributed by atoms with Gasteiger partial charge < -0.3 is 19.5 Å². The summed E-state index contributed by atoms with van der Waals surface area (Å²) in [5.74, 6) is -0.0728. The van der Waals surface area contributed by atoms with Crippen LogP contribution < -0.4 is 9.64 Å². The number of rotatable bonds is 7. The van der Waals surface area contributed by atoms with Crippen molar-refractivity contribution in [3.8, 4) is 5.75 Å². The van der Waals surface area contributed by atoms with E-state index >= 15 is 0 Å². The van der Waals surface area contributed by atoms with Gasteiger partial charge in [-0.15, -0.1) is 0 Å². The van der Waals surface area contributed by atoms with Crippen molar-refractivity contribution in [2.75, 3.05) is 25.2 Å². The SMILES string of the molecule is COCCOc1cccc2c1CC(C(=O)O)N2Cc1ccccc1. The lowest BCUT2D eigenvalue weighted by Crippen LogP contribution is -2.38. The Labute approximate surface area is 141 Å². The van der Waals surface area contributed by atoms with Gasteiger partial charge in [0, 0.05) is 31.3 Å². The Bertz CT molecular complexity index is 702. The van der Waals surface area contributed by atoms with Gasteiger partial charge in [0.05, 0.1) is 6.61 Å². The molecule has 1 N–H and O–H groups in total. The average Bonchev–Trinajstić information content (AvgIpc) is 2.96. The topological polar surface area (TPSA) is 59.0 Å². The molecule has 1 aliphatic rings. The molecule has 5 heteroatoms. The molecule has 0 bridgehead atoms. The molecule has 0 radical (unpaired) electrons. The van der Waals surface area contributed by atoms with Crippen molar-refractivity contribution in [1.82, 2.24) is 0 Å². The van der Waals surface area contributed by atoms with Gasteiger partial charge >= 0.3 is 5.97 Å². The van der Waals surface area contributed by atoms with Crippen molar-refractivity contribution >= 4 is 11.7 Å². The Kier molecular flexibility index (Phi) is 5.01. The maximum atomic E-state index is 11.7. The van der Waals surface area contributed by atoms with E-state index in [2.05, 4.69) is 0 Å². The van der Waals surface area contributed by atoms with Crippen LogP contribution in [0.4, 0.5) is 5.69 Å². The highest BCUT2D eigenvalue weighted by atomic mass is 16.5. The number of carboxylic acids is 1. The van der Waals surface area contributed by atoms with Crippen LogP contribution in [0.15, 0.2) is 48.5 Å². The molecule has 126 valence electrons. The van der Waals surface area contributed by atoms with E-state index in [1.54, 1.807) is 7.11 Å². The molecule has 1 unspecified atom stereocenters. The van der Waals surface area contributed by atoms with Crippen LogP contribution in [-0.2, 0) is 22.5 Å². The lowest BCUT2D eigenvalue weighted by molar-refractivity contribution is -0.138. The number of benzene rings is 2. The van der Waals surface area contributed by atoms with Crippen molar-refractivity contribution in [2.24, 2.45) is 0 Å². The van der Waals surface area contributed by atoms with Crippen LogP contribution in [0.3, 0.4) is 0 Å². The van der Waals surface area contributed by atoms with Gasteiger partial charge in [0.2, 0.25) is 0 Å². The van der Waals surface area contributed by atoms with Crippen LogP contribution in [0, 0.1) is 0 Å². The first-order chi connectivity index (χ1) is 11.7. The van der Waals surface area contributed by atoms with Gasteiger partial charge in [0.25, 0.3) is 0 Å². The average molecular weight is 327 g/mol. The molecule has 0 saturated carbocycles. The Morgan fingerprint density at radius 2 is 1.96 bits per heavy atom. The maximum Gasteiger partial charge on any atom is 0.326 e. The predicted molar refractivity (Wildman–Crippen MR) is 91.6 cm³/mol. The quantitative estimate of drug-likeness (QED) is 0.793. The highest BCUT2D eigenvalue weighted by Gasteiger charge is 2.36. The van der Waals surface area contributed by atoms with Gasteiger partial charge in [0.15, 0.2) is 0 Å². The van der Waals surface area contributed by atoms with Crippen LogP contribution in [0.25, 0.3) is 0 Å². The lowest BCUT2D eigenvalue weighted by Gasteiger charge is -2.25. The Hall–Kier alpha value is -2.53. The second-order valence-corrected chi connectivity index (χ2v) is 5.77. The van der Waals surface area contributed by atoms with Crippen molar-refractivity contribution < 1.29 is 19.4 Å². The fourth-order valence-corrected chi connectivity index (χ4v) is 3.07. The second kappa shape index (κ2) is 7.36. The minimum absolute atomic E-state index is 0.445. The van der Waals surface area contributed by atoms with Crippen molar-refractivity contribution in [2.45, 2.75) is 19.0 Å². The molecule has 0 aromatic heterocycles. The van der Waals surface area contributed by atoms with Gasteiger partial charge in [-0.05, 0) is 17.7 Å². The smallest absolute Gasteiger partial charge is 0.326 e. The molecule has 1 aliphatic heterocycles. The standard InChI is InChI=1S/C19H21NO4/c1-23-10-11-24-18-9-5-8-16-15(18)12-17(19(21)22)20(16)13-14-6-3-2-4-7-14/h2-9,17H,10-13H2,1H3,(H,21,22). The van der Waals surface area contributed by atoms with E-state index in [9.17, 15) is 9.90 Å². The number of anilines is 1. The lowest BCUT2D eigenvalue weighted by atomic mass is 10.1. The highest BCUT2D eigenvalue weighted by molar-refractivity contribution is 5.83. The summed E-state index contributed by atoms with van der Waals surface area (Å²) < 4.78 is 10.8. The molecule has 2 aromatic rings. The van der Waals surface area contributed by atoms with Gasteiger partial charge in [0.1, 0.15) is 18.4 Å². The molecule has 2 aromatic carbocycles. The number of carboxylic acid groups (broad SMARTS) is 1. The van der Waals surface area contributed by atoms with E-state index in [1.165, 1.54) is 0 Å². The van der Waals surface area contributed by atoms with Crippen LogP contribution >= 0.6 is 0 Å². The zero-order valence-electron chi connectivity index (χ0n) is 13.6. The summed E-state index contributed by atoms with van der Waals surface area (Å²) >= 11 is 0. The third-order valence-corrected chi connectivity index (χ3v) is 4.22. The molecule has 1 heterocycles. The van der Waals surface area contributed by atoms with E-state index in [0.717, 1.165) is 22.6 Å². The monoisotopic (exact) mass is 327 g/mol. The zero-order valence-corrected chi connectivity index (χ0v) is 13.6. The fourth-order valence-electron chi connectivity index (χ4n) is 3.07. The Morgan fingerprint density at radius 3 is 2.67 bits per heavy atom. The van der Waals surface area contributed by atoms with Gasteiger partial charge in [-0.2, -0.15) is 0 Å². The van der Waals surface area contributed by atoms with Crippen LogP contribution in [0.1, 0.15) is 11.1 Å². The number of methoxy groups -OCH3 is 1. The number of nitrogens with zero attached hydrogens (tertiary/aromatic N) is 1. The summed E-state index contributed by atoms with van der Waals surface area (Å²) in [6.45, 7) is 1.51. The molecule has 1 atom stereocenters. The van der Waals surface area contributed by atoms with Crippen LogP contribution in [0.2, 0.25) is 0 Å². The first kappa shape index (κ1) is 16.3. The second-order valence-electron chi connectivity index (χ2n) is 5.77. The summed E-state index contributed by atoms with van der Waals surface area (Å²) in [5.41, 5.74) is 2.97. The minimum Gasteiger partial charge on any atom is -0.491 e. The molecule has 0 amide bonds. The third kappa shape index (κ3) is 3.36. The molecule has 5 nitrogen and oxygen atoms in total. The number of fused-ring (bicyclic) bond motifs is 1. The number of hydrogen-bond acceptors (Lipinski definition) is 4. The van der Waals surface area contributed by atoms with E-state index in [0.29, 0.717) is 26.2 Å². The first-order valence-electron chi connectivity index (χ1n) is 7.97. The molecule has 3 rings (SSSR count). The minimum atomic E-state index is -0.815. The third-order valence-electron chi connectivity index (χ3n) is 4.22. The van der Waals surface area contributed by atoms with Crippen molar-refractivity contribution in [3.63, 3.8) is 0 Å². The van der Waals surface area contributed by atoms with Crippen LogP contribution in [-0.4, -0.2) is 37.4 Å². The molecular weight excluding hydrogens is 306 g/mol. The van der Waals surface area contributed by atoms with E-state index in [-0.39, 0.29) is 0 Å². The summed E-state index contributed by atoms with van der Waals surface area (Å²) in [5, 5.41) is 9.64. The number of hydrogen-bond donors (Lipinski definition) is 1. The van der Waals surface area contributed by atoms with Crippen molar-refractivity contribution in [1.29, 1.82) is 0 Å². The molecule has 24 heavy (non-hydrogen) atoms. The number of aliphatic carboxylic acids is 1. The summed E-state index contributed by atoms with van der Waals surface area (Å²) in [4.78, 5) is 13.7. The first-order valence-corrected chi connectivity index (χ1v) is 7.97. The molecule has 0 spiro atoms. The Morgan fingerprint density at radius 1 is 1.17 bits per heavy atom. The van der Waals surface area contributed by atoms with Crippen molar-refractivity contribution in [3.05, 3.63) is 59.7 Å². The molecule has 0 aliphatic carbocycles. The summed E-state index contributed by atoms with van der Waals surface area (Å²) in [6, 6.07) is 15.1. The molecule has 0 saturated heterocycles. The van der Waals surface area contributed by atoms with E-state index in [1.807, 2.05) is 53.4 Å². The largest absolute Gasteiger partial charge is 0.491 e. The molecular formula is C19H21NO4. The summed E-state index contributed by atoms with van der Waals surface area (Å²) in [6.07, 6.45) is 0.445. The maximum absolute atomic E-state index is 11.7. The van der Waals surface area contributed by atoms with Crippen LogP contribution in [0.5, 0.6) is 5.75 Å². The fraction of sp³-hybridized carbons (Fsp3) is 0.316. The molecule has 0 fully saturated rings. The predicted octanol–water partition coefficient (Wildman–Crippen LogP) is 2.73. The van der Waals surface area contributed by atoms with Gasteiger partial charge in [-0.25, -0.2) is 4.79 Å². The Balaban J connectivity index is 1.89. The van der Waals surface area contributed by atoms with E-state index < -0.39 is 12.0 Å². The number of ether oxygens (including phenoxy) is 2. The van der Waals surface area contributed by atoms with Gasteiger partial charge in [-0.3, -0.25) is 0 Å². The van der Waals surface area contributed by atoms with E-state index in [4.69, 9.17) is 9.47 Å². The normalized spacial score (nSPS) is 16.0. The van der Waals surface area contributed by atoms with Gasteiger partial charge in [-0.1, -0.05) is 36.4 Å². The zero-order chi connectivity index (χ0) is 16.9. The highest BCUT2D eigenvalue weighted by Crippen LogP contribution is 2.39. The number of carbonyl (C=O) groups is 1. The summed E-state index contributed by atoms with van der Waals surface area (Å²) in [7, 11) is 1.63.